The summed E-state index contributed by atoms with van der Waals surface area (Å²) in [5.74, 6) is 4.22. The van der Waals surface area contributed by atoms with Gasteiger partial charge in [0.15, 0.2) is 0 Å². The summed E-state index contributed by atoms with van der Waals surface area (Å²) >= 11 is 0. The lowest BCUT2D eigenvalue weighted by Gasteiger charge is -1.91. The number of hydrogen-bond donors (Lipinski definition) is 2. The van der Waals surface area contributed by atoms with Crippen LogP contribution in [-0.4, -0.2) is 5.91 Å². The Morgan fingerprint density at radius 3 is 2.53 bits per heavy atom. The molecule has 15 heavy (non-hydrogen) atoms. The van der Waals surface area contributed by atoms with Gasteiger partial charge in [-0.3, -0.25) is 10.2 Å². The minimum absolute atomic E-state index is 0.273. The van der Waals surface area contributed by atoms with Gasteiger partial charge in [0, 0.05) is 6.08 Å². The number of nitrogens with one attached hydrogen (secondary N) is 1. The molecule has 1 amide bonds. The molecule has 0 bridgehead atoms. The molecule has 0 aliphatic carbocycles. The second-order valence-corrected chi connectivity index (χ2v) is 2.78. The first kappa shape index (κ1) is 11.1. The highest BCUT2D eigenvalue weighted by Gasteiger charge is 1.88. The number of carbonyl (C=O) groups excluding carboxylic acids is 1. The Morgan fingerprint density at radius 1 is 1.27 bits per heavy atom. The fraction of sp³-hybridized carbons (Fsp3) is 0. The van der Waals surface area contributed by atoms with Crippen molar-refractivity contribution >= 4 is 12.0 Å². The average Bonchev–Trinajstić information content (AvgIpc) is 2.26. The van der Waals surface area contributed by atoms with Gasteiger partial charge in [-0.15, -0.1) is 0 Å². The molecular formula is C11H11FN2O. The van der Waals surface area contributed by atoms with Crippen LogP contribution in [0.5, 0.6) is 0 Å². The summed E-state index contributed by atoms with van der Waals surface area (Å²) < 4.78 is 12.5. The molecule has 3 nitrogen and oxygen atoms in total. The summed E-state index contributed by atoms with van der Waals surface area (Å²) in [7, 11) is 0. The van der Waals surface area contributed by atoms with E-state index in [1.807, 2.05) is 5.43 Å². The Labute approximate surface area is 87.1 Å². The first-order chi connectivity index (χ1) is 7.22. The van der Waals surface area contributed by atoms with E-state index in [2.05, 4.69) is 0 Å². The molecule has 0 unspecified atom stereocenters. The lowest BCUT2D eigenvalue weighted by Crippen LogP contribution is -2.27. The van der Waals surface area contributed by atoms with Gasteiger partial charge in [-0.1, -0.05) is 30.4 Å². The second-order valence-electron chi connectivity index (χ2n) is 2.78. The molecule has 4 heteroatoms. The zero-order valence-electron chi connectivity index (χ0n) is 7.98. The zero-order chi connectivity index (χ0) is 11.1. The summed E-state index contributed by atoms with van der Waals surface area (Å²) in [6, 6.07) is 6.03. The van der Waals surface area contributed by atoms with Gasteiger partial charge in [-0.05, 0) is 17.7 Å². The highest BCUT2D eigenvalue weighted by molar-refractivity contribution is 5.87. The standard InChI is InChI=1S/C11H11FN2O/c12-10-7-5-9(6-8-10)3-1-2-4-11(15)14-13/h1-8H,13H2,(H,14,15)/b3-1+,4-2+. The monoisotopic (exact) mass is 206 g/mol. The van der Waals surface area contributed by atoms with E-state index in [4.69, 9.17) is 5.84 Å². The van der Waals surface area contributed by atoms with Crippen molar-refractivity contribution in [3.63, 3.8) is 0 Å². The van der Waals surface area contributed by atoms with Crippen molar-refractivity contribution in [2.45, 2.75) is 0 Å². The van der Waals surface area contributed by atoms with Gasteiger partial charge in [-0.2, -0.15) is 0 Å². The van der Waals surface area contributed by atoms with E-state index in [1.54, 1.807) is 30.4 Å². The highest BCUT2D eigenvalue weighted by atomic mass is 19.1. The largest absolute Gasteiger partial charge is 0.291 e. The average molecular weight is 206 g/mol. The van der Waals surface area contributed by atoms with Crippen LogP contribution in [0.1, 0.15) is 5.56 Å². The zero-order valence-corrected chi connectivity index (χ0v) is 7.98. The molecule has 0 saturated heterocycles. The summed E-state index contributed by atoms with van der Waals surface area (Å²) in [5, 5.41) is 0. The van der Waals surface area contributed by atoms with Gasteiger partial charge in [0.2, 0.25) is 0 Å². The summed E-state index contributed by atoms with van der Waals surface area (Å²) in [6.45, 7) is 0. The Bertz CT molecular complexity index is 382. The molecule has 0 aromatic heterocycles. The van der Waals surface area contributed by atoms with Crippen LogP contribution in [0.3, 0.4) is 0 Å². The fourth-order valence-corrected chi connectivity index (χ4v) is 0.932. The van der Waals surface area contributed by atoms with Crippen molar-refractivity contribution in [1.82, 2.24) is 5.43 Å². The molecule has 0 radical (unpaired) electrons. The molecule has 0 aliphatic heterocycles. The Hall–Kier alpha value is -1.94. The lowest BCUT2D eigenvalue weighted by molar-refractivity contribution is -0.116. The van der Waals surface area contributed by atoms with Crippen molar-refractivity contribution in [1.29, 1.82) is 0 Å². The van der Waals surface area contributed by atoms with E-state index in [-0.39, 0.29) is 11.7 Å². The predicted octanol–water partition coefficient (Wildman–Crippen LogP) is 1.39. The molecule has 0 fully saturated rings. The van der Waals surface area contributed by atoms with Gasteiger partial charge in [0.25, 0.3) is 5.91 Å². The molecule has 0 heterocycles. The van der Waals surface area contributed by atoms with Crippen LogP contribution >= 0.6 is 0 Å². The Balaban J connectivity index is 2.55. The third-order valence-corrected chi connectivity index (χ3v) is 1.66. The molecular weight excluding hydrogens is 195 g/mol. The maximum atomic E-state index is 12.5. The van der Waals surface area contributed by atoms with E-state index in [0.29, 0.717) is 0 Å². The SMILES string of the molecule is NNC(=O)/C=C/C=C/c1ccc(F)cc1. The summed E-state index contributed by atoms with van der Waals surface area (Å²) in [5.41, 5.74) is 2.82. The molecule has 0 spiro atoms. The lowest BCUT2D eigenvalue weighted by atomic mass is 10.2. The third-order valence-electron chi connectivity index (χ3n) is 1.66. The minimum atomic E-state index is -0.376. The van der Waals surface area contributed by atoms with E-state index >= 15 is 0 Å². The number of hydrazine groups is 1. The van der Waals surface area contributed by atoms with Crippen molar-refractivity contribution in [2.75, 3.05) is 0 Å². The van der Waals surface area contributed by atoms with Crippen LogP contribution in [-0.2, 0) is 4.79 Å². The molecule has 1 aromatic rings. The molecule has 78 valence electrons. The first-order valence-electron chi connectivity index (χ1n) is 4.33. The van der Waals surface area contributed by atoms with Crippen LogP contribution in [0.15, 0.2) is 42.5 Å². The molecule has 0 aliphatic rings. The molecule has 1 rings (SSSR count). The smallest absolute Gasteiger partial charge is 0.257 e. The Morgan fingerprint density at radius 2 is 1.93 bits per heavy atom. The molecule has 1 aromatic carbocycles. The van der Waals surface area contributed by atoms with Gasteiger partial charge in [0.1, 0.15) is 5.82 Å². The van der Waals surface area contributed by atoms with Gasteiger partial charge in [0.05, 0.1) is 0 Å². The minimum Gasteiger partial charge on any atom is -0.291 e. The first-order valence-corrected chi connectivity index (χ1v) is 4.33. The van der Waals surface area contributed by atoms with E-state index in [0.717, 1.165) is 5.56 Å². The van der Waals surface area contributed by atoms with Crippen LogP contribution in [0, 0.1) is 5.82 Å². The number of rotatable bonds is 3. The van der Waals surface area contributed by atoms with Crippen LogP contribution in [0.25, 0.3) is 6.08 Å². The number of halogens is 1. The van der Waals surface area contributed by atoms with Gasteiger partial charge < -0.3 is 0 Å². The molecule has 3 N–H and O–H groups in total. The number of benzene rings is 1. The van der Waals surface area contributed by atoms with E-state index < -0.39 is 0 Å². The normalized spacial score (nSPS) is 11.1. The quantitative estimate of drug-likeness (QED) is 0.258. The van der Waals surface area contributed by atoms with E-state index in [1.165, 1.54) is 18.2 Å². The van der Waals surface area contributed by atoms with Crippen molar-refractivity contribution < 1.29 is 9.18 Å². The van der Waals surface area contributed by atoms with Crippen molar-refractivity contribution in [3.8, 4) is 0 Å². The van der Waals surface area contributed by atoms with Gasteiger partial charge >= 0.3 is 0 Å². The highest BCUT2D eigenvalue weighted by Crippen LogP contribution is 2.04. The van der Waals surface area contributed by atoms with Crippen LogP contribution in [0.2, 0.25) is 0 Å². The second kappa shape index (κ2) is 5.72. The molecule has 0 saturated carbocycles. The summed E-state index contributed by atoms with van der Waals surface area (Å²) in [6.07, 6.45) is 6.26. The topological polar surface area (TPSA) is 55.1 Å². The van der Waals surface area contributed by atoms with Gasteiger partial charge in [-0.25, -0.2) is 10.2 Å². The number of amides is 1. The number of allylic oxidation sites excluding steroid dienone is 2. The van der Waals surface area contributed by atoms with Crippen LogP contribution < -0.4 is 11.3 Å². The van der Waals surface area contributed by atoms with Crippen molar-refractivity contribution in [3.05, 3.63) is 53.9 Å². The maximum Gasteiger partial charge on any atom is 0.257 e. The number of carbonyl (C=O) groups is 1. The third kappa shape index (κ3) is 4.19. The Kier molecular flexibility index (Phi) is 4.25. The van der Waals surface area contributed by atoms with Crippen LogP contribution in [0.4, 0.5) is 4.39 Å². The number of hydrogen-bond acceptors (Lipinski definition) is 2. The molecule has 0 atom stereocenters. The fourth-order valence-electron chi connectivity index (χ4n) is 0.932. The summed E-state index contributed by atoms with van der Waals surface area (Å²) in [4.78, 5) is 10.7. The number of nitrogens with two attached hydrogens (primary N) is 1. The predicted molar refractivity (Wildman–Crippen MR) is 56.9 cm³/mol. The maximum absolute atomic E-state index is 12.5. The van der Waals surface area contributed by atoms with Crippen molar-refractivity contribution in [2.24, 2.45) is 5.84 Å². The van der Waals surface area contributed by atoms with E-state index in [9.17, 15) is 9.18 Å².